The molecular weight excluding hydrogens is 114 g/mol. The van der Waals surface area contributed by atoms with Gasteiger partial charge in [-0.2, -0.15) is 8.78 Å². The van der Waals surface area contributed by atoms with Crippen molar-refractivity contribution in [2.45, 2.75) is 18.5 Å². The second-order valence-corrected chi connectivity index (χ2v) is 2.05. The molecule has 1 aliphatic rings. The van der Waals surface area contributed by atoms with Gasteiger partial charge in [0.15, 0.2) is 0 Å². The summed E-state index contributed by atoms with van der Waals surface area (Å²) in [5.74, 6) is 0. The Balaban J connectivity index is 2.44. The predicted molar refractivity (Wildman–Crippen MR) is 25.5 cm³/mol. The van der Waals surface area contributed by atoms with Gasteiger partial charge in [0.1, 0.15) is 0 Å². The molecule has 1 heterocycles. The van der Waals surface area contributed by atoms with E-state index in [0.29, 0.717) is 0 Å². The van der Waals surface area contributed by atoms with E-state index in [2.05, 4.69) is 0 Å². The van der Waals surface area contributed by atoms with Crippen molar-refractivity contribution in [3.63, 3.8) is 0 Å². The van der Waals surface area contributed by atoms with Gasteiger partial charge in [0, 0.05) is 19.0 Å². The van der Waals surface area contributed by atoms with E-state index in [1.807, 2.05) is 5.32 Å². The van der Waals surface area contributed by atoms with Crippen LogP contribution in [0.4, 0.5) is 8.78 Å². The topological polar surface area (TPSA) is 38.0 Å². The molecule has 1 aliphatic heterocycles. The Morgan fingerprint density at radius 2 is 2.25 bits per heavy atom. The summed E-state index contributed by atoms with van der Waals surface area (Å²) in [5.41, 5.74) is 5.17. The van der Waals surface area contributed by atoms with Crippen LogP contribution in [0.15, 0.2) is 0 Å². The van der Waals surface area contributed by atoms with Crippen molar-refractivity contribution in [2.75, 3.05) is 6.54 Å². The van der Waals surface area contributed by atoms with Gasteiger partial charge in [-0.25, -0.2) is 0 Å². The molecule has 1 unspecified atom stereocenters. The van der Waals surface area contributed by atoms with Crippen LogP contribution in [0.3, 0.4) is 0 Å². The number of nitrogens with one attached hydrogen (secondary N) is 1. The average Bonchev–Trinajstić information content (AvgIpc) is 1.82. The van der Waals surface area contributed by atoms with Crippen LogP contribution in [-0.2, 0) is 0 Å². The van der Waals surface area contributed by atoms with E-state index in [4.69, 9.17) is 5.73 Å². The van der Waals surface area contributed by atoms with Gasteiger partial charge in [-0.3, -0.25) is 5.32 Å². The third-order valence-electron chi connectivity index (χ3n) is 1.14. The maximum Gasteiger partial charge on any atom is 0.304 e. The molecule has 0 amide bonds. The molecule has 48 valence electrons. The van der Waals surface area contributed by atoms with E-state index >= 15 is 0 Å². The van der Waals surface area contributed by atoms with Crippen molar-refractivity contribution in [1.29, 1.82) is 0 Å². The van der Waals surface area contributed by atoms with Crippen LogP contribution >= 0.6 is 0 Å². The number of hydrogen-bond donors (Lipinski definition) is 2. The fraction of sp³-hybridized carbons (Fsp3) is 1.00. The molecule has 1 fully saturated rings. The molecule has 0 spiro atoms. The van der Waals surface area contributed by atoms with Crippen LogP contribution in [0.1, 0.15) is 6.42 Å². The zero-order chi connectivity index (χ0) is 6.20. The highest BCUT2D eigenvalue weighted by Gasteiger charge is 2.36. The number of halogens is 2. The standard InChI is InChI=1S/C4H8F2N2/c5-4(6)1-3(7)2-8-4/h3,8H,1-2,7H2. The van der Waals surface area contributed by atoms with Crippen LogP contribution in [-0.4, -0.2) is 18.6 Å². The molecule has 1 atom stereocenters. The molecule has 3 N–H and O–H groups in total. The molecule has 0 saturated carbocycles. The molecule has 0 aromatic heterocycles. The Labute approximate surface area is 46.0 Å². The van der Waals surface area contributed by atoms with Crippen LogP contribution in [0.5, 0.6) is 0 Å². The maximum atomic E-state index is 12.0. The van der Waals surface area contributed by atoms with Gasteiger partial charge in [0.25, 0.3) is 0 Å². The summed E-state index contributed by atoms with van der Waals surface area (Å²) in [6, 6.07) is -3.08. The van der Waals surface area contributed by atoms with Gasteiger partial charge in [0.2, 0.25) is 0 Å². The maximum absolute atomic E-state index is 12.0. The van der Waals surface area contributed by atoms with Gasteiger partial charge in [-0.1, -0.05) is 0 Å². The van der Waals surface area contributed by atoms with Crippen LogP contribution in [0, 0.1) is 0 Å². The summed E-state index contributed by atoms with van der Waals surface area (Å²) in [5, 5.41) is 1.99. The normalized spacial score (nSPS) is 35.6. The smallest absolute Gasteiger partial charge is 0.304 e. The minimum atomic E-state index is -2.71. The average molecular weight is 122 g/mol. The van der Waals surface area contributed by atoms with Crippen LogP contribution in [0.25, 0.3) is 0 Å². The summed E-state index contributed by atoms with van der Waals surface area (Å²) >= 11 is 0. The lowest BCUT2D eigenvalue weighted by Gasteiger charge is -2.05. The fourth-order valence-corrected chi connectivity index (χ4v) is 0.754. The van der Waals surface area contributed by atoms with E-state index in [9.17, 15) is 8.78 Å². The van der Waals surface area contributed by atoms with Gasteiger partial charge >= 0.3 is 6.05 Å². The van der Waals surface area contributed by atoms with Gasteiger partial charge in [0.05, 0.1) is 0 Å². The molecule has 0 aromatic carbocycles. The first kappa shape index (κ1) is 5.91. The zero-order valence-electron chi connectivity index (χ0n) is 4.32. The molecule has 1 rings (SSSR count). The first-order valence-corrected chi connectivity index (χ1v) is 2.48. The fourth-order valence-electron chi connectivity index (χ4n) is 0.754. The van der Waals surface area contributed by atoms with Crippen molar-refractivity contribution in [1.82, 2.24) is 5.32 Å². The Bertz CT molecular complexity index is 94.0. The summed E-state index contributed by atoms with van der Waals surface area (Å²) in [4.78, 5) is 0. The third-order valence-corrected chi connectivity index (χ3v) is 1.14. The molecule has 0 aliphatic carbocycles. The first-order chi connectivity index (χ1) is 3.60. The van der Waals surface area contributed by atoms with Gasteiger partial charge in [-0.15, -0.1) is 0 Å². The molecule has 1 saturated heterocycles. The van der Waals surface area contributed by atoms with Gasteiger partial charge in [-0.05, 0) is 0 Å². The number of nitrogens with two attached hydrogens (primary N) is 1. The van der Waals surface area contributed by atoms with Crippen molar-refractivity contribution in [3.8, 4) is 0 Å². The monoisotopic (exact) mass is 122 g/mol. The highest BCUT2D eigenvalue weighted by molar-refractivity contribution is 4.82. The number of alkyl halides is 2. The summed E-state index contributed by atoms with van der Waals surface area (Å²) in [6.07, 6.45) is -0.229. The minimum absolute atomic E-state index is 0.229. The Kier molecular flexibility index (Phi) is 1.21. The molecule has 4 heteroatoms. The lowest BCUT2D eigenvalue weighted by Crippen LogP contribution is -2.28. The molecular formula is C4H8F2N2. The highest BCUT2D eigenvalue weighted by atomic mass is 19.3. The van der Waals surface area contributed by atoms with E-state index in [1.54, 1.807) is 0 Å². The lowest BCUT2D eigenvalue weighted by molar-refractivity contribution is -0.0155. The molecule has 0 bridgehead atoms. The summed E-state index contributed by atoms with van der Waals surface area (Å²) < 4.78 is 24.0. The predicted octanol–water partition coefficient (Wildman–Crippen LogP) is -0.100. The Hall–Kier alpha value is -0.220. The summed E-state index contributed by atoms with van der Waals surface area (Å²) in [6.45, 7) is 0.229. The third kappa shape index (κ3) is 1.14. The number of rotatable bonds is 0. The van der Waals surface area contributed by atoms with Crippen molar-refractivity contribution in [2.24, 2.45) is 5.73 Å². The van der Waals surface area contributed by atoms with E-state index in [-0.39, 0.29) is 19.0 Å². The van der Waals surface area contributed by atoms with E-state index < -0.39 is 6.05 Å². The Morgan fingerprint density at radius 1 is 1.62 bits per heavy atom. The van der Waals surface area contributed by atoms with Crippen LogP contribution in [0.2, 0.25) is 0 Å². The quantitative estimate of drug-likeness (QED) is 0.440. The van der Waals surface area contributed by atoms with Crippen LogP contribution < -0.4 is 11.1 Å². The molecule has 8 heavy (non-hydrogen) atoms. The van der Waals surface area contributed by atoms with Crippen molar-refractivity contribution in [3.05, 3.63) is 0 Å². The molecule has 0 aromatic rings. The molecule has 0 radical (unpaired) electrons. The Morgan fingerprint density at radius 3 is 2.38 bits per heavy atom. The van der Waals surface area contributed by atoms with Crippen molar-refractivity contribution >= 4 is 0 Å². The highest BCUT2D eigenvalue weighted by Crippen LogP contribution is 2.20. The summed E-state index contributed by atoms with van der Waals surface area (Å²) in [7, 11) is 0. The zero-order valence-corrected chi connectivity index (χ0v) is 4.32. The van der Waals surface area contributed by atoms with Gasteiger partial charge < -0.3 is 5.73 Å². The minimum Gasteiger partial charge on any atom is -0.326 e. The largest absolute Gasteiger partial charge is 0.326 e. The van der Waals surface area contributed by atoms with E-state index in [1.165, 1.54) is 0 Å². The first-order valence-electron chi connectivity index (χ1n) is 2.48. The van der Waals surface area contributed by atoms with Crippen molar-refractivity contribution < 1.29 is 8.78 Å². The SMILES string of the molecule is NC1CNC(F)(F)C1. The number of hydrogen-bond acceptors (Lipinski definition) is 2. The molecule has 2 nitrogen and oxygen atoms in total. The lowest BCUT2D eigenvalue weighted by atomic mass is 10.3. The van der Waals surface area contributed by atoms with E-state index in [0.717, 1.165) is 0 Å². The second kappa shape index (κ2) is 1.63. The second-order valence-electron chi connectivity index (χ2n) is 2.05.